The molecule has 1 aliphatic rings. The minimum atomic E-state index is -0.864. The van der Waals surface area contributed by atoms with Crippen molar-refractivity contribution < 1.29 is 27.8 Å². The van der Waals surface area contributed by atoms with Crippen LogP contribution in [0.3, 0.4) is 0 Å². The van der Waals surface area contributed by atoms with Crippen molar-refractivity contribution in [3.8, 4) is 11.3 Å². The molecular formula is C23H23F2N3O4. The molecule has 1 fully saturated rings. The zero-order valence-electron chi connectivity index (χ0n) is 18.0. The van der Waals surface area contributed by atoms with Crippen LogP contribution in [0.1, 0.15) is 28.5 Å². The average Bonchev–Trinajstić information content (AvgIpc) is 3.09. The third kappa shape index (κ3) is 4.08. The Hall–Kier alpha value is -3.33. The summed E-state index contributed by atoms with van der Waals surface area (Å²) >= 11 is 0. The van der Waals surface area contributed by atoms with E-state index in [1.807, 2.05) is 19.1 Å². The molecule has 7 nitrogen and oxygen atoms in total. The Bertz CT molecular complexity index is 1180. The van der Waals surface area contributed by atoms with Crippen LogP contribution in [0.15, 0.2) is 30.5 Å². The summed E-state index contributed by atoms with van der Waals surface area (Å²) < 4.78 is 42.4. The summed E-state index contributed by atoms with van der Waals surface area (Å²) in [6, 6.07) is 5.73. The topological polar surface area (TPSA) is 73.1 Å². The van der Waals surface area contributed by atoms with Crippen LogP contribution in [-0.2, 0) is 15.9 Å². The molecular weight excluding hydrogens is 420 g/mol. The second kappa shape index (κ2) is 8.66. The molecule has 2 aromatic heterocycles. The Morgan fingerprint density at radius 1 is 1.25 bits per heavy atom. The Labute approximate surface area is 183 Å². The summed E-state index contributed by atoms with van der Waals surface area (Å²) in [5.74, 6) is -2.16. The van der Waals surface area contributed by atoms with Gasteiger partial charge < -0.3 is 18.8 Å². The van der Waals surface area contributed by atoms with Crippen LogP contribution in [-0.4, -0.2) is 59.1 Å². The highest BCUT2D eigenvalue weighted by atomic mass is 19.1. The summed E-state index contributed by atoms with van der Waals surface area (Å²) in [6.45, 7) is 4.15. The molecule has 0 unspecified atom stereocenters. The Morgan fingerprint density at radius 3 is 2.62 bits per heavy atom. The van der Waals surface area contributed by atoms with E-state index in [4.69, 9.17) is 9.47 Å². The van der Waals surface area contributed by atoms with E-state index < -0.39 is 29.6 Å². The van der Waals surface area contributed by atoms with Gasteiger partial charge in [0, 0.05) is 24.7 Å². The van der Waals surface area contributed by atoms with Crippen molar-refractivity contribution in [1.82, 2.24) is 14.3 Å². The van der Waals surface area contributed by atoms with E-state index >= 15 is 0 Å². The van der Waals surface area contributed by atoms with Gasteiger partial charge in [0.15, 0.2) is 5.78 Å². The minimum Gasteiger partial charge on any atom is -0.453 e. The molecule has 168 valence electrons. The van der Waals surface area contributed by atoms with Gasteiger partial charge in [0.1, 0.15) is 17.3 Å². The number of methoxy groups -OCH3 is 1. The third-order valence-corrected chi connectivity index (χ3v) is 5.56. The smallest absolute Gasteiger partial charge is 0.409 e. The van der Waals surface area contributed by atoms with Crippen molar-refractivity contribution in [2.45, 2.75) is 26.4 Å². The molecule has 1 aromatic carbocycles. The largest absolute Gasteiger partial charge is 0.453 e. The number of carbonyl (C=O) groups excluding carboxylic acids is 2. The molecule has 0 aliphatic carbocycles. The zero-order chi connectivity index (χ0) is 23.0. The monoisotopic (exact) mass is 443 g/mol. The molecule has 1 atom stereocenters. The number of ketones is 1. The van der Waals surface area contributed by atoms with Crippen molar-refractivity contribution in [2.24, 2.45) is 0 Å². The standard InChI is InChI=1S/C23H23F2N3O4/c1-13-4-5-28-19(11-16-12-27(6-7-32-16)23(30)31-3)22(26-20(28)8-13)21-17(24)9-15(14(2)29)10-18(21)25/h4-5,8-10,16H,6-7,11-12H2,1-3H3/t16-/m0/s1. The van der Waals surface area contributed by atoms with E-state index in [1.54, 1.807) is 10.6 Å². The van der Waals surface area contributed by atoms with Crippen LogP contribution in [0, 0.1) is 18.6 Å². The van der Waals surface area contributed by atoms with Crippen molar-refractivity contribution in [3.63, 3.8) is 0 Å². The number of benzene rings is 1. The van der Waals surface area contributed by atoms with Crippen LogP contribution in [0.25, 0.3) is 16.9 Å². The number of hydrogen-bond donors (Lipinski definition) is 0. The van der Waals surface area contributed by atoms with E-state index in [9.17, 15) is 18.4 Å². The summed E-state index contributed by atoms with van der Waals surface area (Å²) in [5.41, 5.74) is 1.81. The summed E-state index contributed by atoms with van der Waals surface area (Å²) in [7, 11) is 1.31. The zero-order valence-corrected chi connectivity index (χ0v) is 18.0. The first-order valence-electron chi connectivity index (χ1n) is 10.2. The van der Waals surface area contributed by atoms with Gasteiger partial charge in [0.25, 0.3) is 0 Å². The van der Waals surface area contributed by atoms with Crippen molar-refractivity contribution in [2.75, 3.05) is 26.8 Å². The number of amides is 1. The van der Waals surface area contributed by atoms with Gasteiger partial charge in [-0.1, -0.05) is 0 Å². The molecule has 0 N–H and O–H groups in total. The molecule has 32 heavy (non-hydrogen) atoms. The number of ether oxygens (including phenoxy) is 2. The lowest BCUT2D eigenvalue weighted by Crippen LogP contribution is -2.46. The second-order valence-corrected chi connectivity index (χ2v) is 7.82. The van der Waals surface area contributed by atoms with Crippen LogP contribution >= 0.6 is 0 Å². The molecule has 0 bridgehead atoms. The molecule has 0 radical (unpaired) electrons. The minimum absolute atomic E-state index is 0.0470. The Morgan fingerprint density at radius 2 is 1.97 bits per heavy atom. The first kappa shape index (κ1) is 21.9. The van der Waals surface area contributed by atoms with E-state index in [2.05, 4.69) is 4.98 Å². The molecule has 4 rings (SSSR count). The van der Waals surface area contributed by atoms with Crippen LogP contribution in [0.5, 0.6) is 0 Å². The van der Waals surface area contributed by atoms with Crippen LogP contribution in [0.2, 0.25) is 0 Å². The normalized spacial score (nSPS) is 16.4. The Balaban J connectivity index is 1.80. The highest BCUT2D eigenvalue weighted by molar-refractivity contribution is 5.94. The molecule has 0 spiro atoms. The molecule has 1 amide bonds. The van der Waals surface area contributed by atoms with Crippen molar-refractivity contribution in [3.05, 3.63) is 58.9 Å². The fraction of sp³-hybridized carbons (Fsp3) is 0.348. The molecule has 3 heterocycles. The van der Waals surface area contributed by atoms with Gasteiger partial charge in [0.05, 0.1) is 43.3 Å². The lowest BCUT2D eigenvalue weighted by atomic mass is 10.0. The van der Waals surface area contributed by atoms with Gasteiger partial charge in [-0.25, -0.2) is 18.6 Å². The fourth-order valence-electron chi connectivity index (χ4n) is 3.95. The quantitative estimate of drug-likeness (QED) is 0.574. The maximum Gasteiger partial charge on any atom is 0.409 e. The van der Waals surface area contributed by atoms with Crippen molar-refractivity contribution >= 4 is 17.5 Å². The highest BCUT2D eigenvalue weighted by Crippen LogP contribution is 2.32. The van der Waals surface area contributed by atoms with Gasteiger partial charge in [-0.2, -0.15) is 0 Å². The maximum atomic E-state index is 15.0. The number of carbonyl (C=O) groups is 2. The number of imidazole rings is 1. The fourth-order valence-corrected chi connectivity index (χ4v) is 3.95. The average molecular weight is 443 g/mol. The van der Waals surface area contributed by atoms with Gasteiger partial charge in [-0.15, -0.1) is 0 Å². The number of nitrogens with zero attached hydrogens (tertiary/aromatic N) is 3. The Kier molecular flexibility index (Phi) is 5.92. The first-order chi connectivity index (χ1) is 15.3. The highest BCUT2D eigenvalue weighted by Gasteiger charge is 2.29. The number of fused-ring (bicyclic) bond motifs is 1. The molecule has 1 aliphatic heterocycles. The molecule has 1 saturated heterocycles. The van der Waals surface area contributed by atoms with E-state index in [1.165, 1.54) is 18.9 Å². The van der Waals surface area contributed by atoms with Crippen LogP contribution in [0.4, 0.5) is 13.6 Å². The molecule has 0 saturated carbocycles. The number of pyridine rings is 1. The summed E-state index contributed by atoms with van der Waals surface area (Å²) in [5, 5.41) is 0. The van der Waals surface area contributed by atoms with Gasteiger partial charge in [-0.05, 0) is 43.7 Å². The van der Waals surface area contributed by atoms with Gasteiger partial charge >= 0.3 is 6.09 Å². The number of rotatable bonds is 4. The van der Waals surface area contributed by atoms with E-state index in [0.717, 1.165) is 17.7 Å². The molecule has 3 aromatic rings. The number of aryl methyl sites for hydroxylation is 1. The lowest BCUT2D eigenvalue weighted by Gasteiger charge is -2.32. The summed E-state index contributed by atoms with van der Waals surface area (Å²) in [6.07, 6.45) is 1.19. The predicted molar refractivity (Wildman–Crippen MR) is 113 cm³/mol. The number of Topliss-reactive ketones (excluding diaryl/α,β-unsaturated/α-hetero) is 1. The number of halogens is 2. The number of aromatic nitrogens is 2. The predicted octanol–water partition coefficient (Wildman–Crippen LogP) is 3.80. The van der Waals surface area contributed by atoms with Gasteiger partial charge in [-0.3, -0.25) is 4.79 Å². The number of hydrogen-bond acceptors (Lipinski definition) is 5. The maximum absolute atomic E-state index is 15.0. The lowest BCUT2D eigenvalue weighted by molar-refractivity contribution is -0.0241. The third-order valence-electron chi connectivity index (χ3n) is 5.56. The van der Waals surface area contributed by atoms with E-state index in [0.29, 0.717) is 24.5 Å². The van der Waals surface area contributed by atoms with E-state index in [-0.39, 0.29) is 29.8 Å². The second-order valence-electron chi connectivity index (χ2n) is 7.82. The van der Waals surface area contributed by atoms with Crippen molar-refractivity contribution in [1.29, 1.82) is 0 Å². The van der Waals surface area contributed by atoms with Gasteiger partial charge in [0.2, 0.25) is 0 Å². The first-order valence-corrected chi connectivity index (χ1v) is 10.2. The molecule has 9 heteroatoms. The summed E-state index contributed by atoms with van der Waals surface area (Å²) in [4.78, 5) is 29.6. The van der Waals surface area contributed by atoms with Crippen LogP contribution < -0.4 is 0 Å². The number of morpholine rings is 1. The SMILES string of the molecule is COC(=O)N1CCO[C@@H](Cc2c(-c3c(F)cc(C(C)=O)cc3F)nc3cc(C)ccn23)C1.